The highest BCUT2D eigenvalue weighted by Crippen LogP contribution is 2.29. The molecule has 1 aliphatic rings. The number of amides is 1. The van der Waals surface area contributed by atoms with E-state index in [1.807, 2.05) is 30.3 Å². The molecule has 0 aromatic carbocycles. The number of nitrogens with one attached hydrogen (secondary N) is 1. The number of pyridine rings is 1. The normalized spacial score (nSPS) is 13.3. The van der Waals surface area contributed by atoms with E-state index >= 15 is 0 Å². The lowest BCUT2D eigenvalue weighted by Gasteiger charge is -2.30. The Bertz CT molecular complexity index is 940. The maximum absolute atomic E-state index is 11.8. The summed E-state index contributed by atoms with van der Waals surface area (Å²) >= 11 is 0. The van der Waals surface area contributed by atoms with Crippen LogP contribution in [0.1, 0.15) is 24.0 Å². The number of hydrogen-bond acceptors (Lipinski definition) is 6. The fraction of sp³-hybridized carbons (Fsp3) is 0.316. The van der Waals surface area contributed by atoms with Crippen LogP contribution in [0.15, 0.2) is 36.9 Å². The van der Waals surface area contributed by atoms with E-state index in [1.54, 1.807) is 25.5 Å². The van der Waals surface area contributed by atoms with Gasteiger partial charge in [0.25, 0.3) is 0 Å². The highest BCUT2D eigenvalue weighted by molar-refractivity contribution is 5.74. The first-order valence-corrected chi connectivity index (χ1v) is 8.87. The van der Waals surface area contributed by atoms with E-state index in [4.69, 9.17) is 9.97 Å². The zero-order chi connectivity index (χ0) is 18.8. The zero-order valence-electron chi connectivity index (χ0n) is 15.4. The number of carbonyl (C=O) groups is 1. The number of H-pyrrole nitrogens is 1. The quantitative estimate of drug-likeness (QED) is 0.760. The topological polar surface area (TPSA) is 90.9 Å². The first kappa shape index (κ1) is 17.1. The maximum Gasteiger partial charge on any atom is 0.219 e. The van der Waals surface area contributed by atoms with Gasteiger partial charge < -0.3 is 14.8 Å². The lowest BCUT2D eigenvalue weighted by Crippen LogP contribution is -2.36. The van der Waals surface area contributed by atoms with Crippen molar-refractivity contribution in [3.63, 3.8) is 0 Å². The summed E-state index contributed by atoms with van der Waals surface area (Å²) in [5.74, 6) is 2.46. The summed E-state index contributed by atoms with van der Waals surface area (Å²) < 4.78 is 0. The van der Waals surface area contributed by atoms with E-state index < -0.39 is 0 Å². The number of aromatic nitrogens is 5. The summed E-state index contributed by atoms with van der Waals surface area (Å²) in [6.07, 6.45) is 7.75. The summed E-state index contributed by atoms with van der Waals surface area (Å²) in [5.41, 5.74) is 2.90. The molecule has 0 spiro atoms. The Hall–Kier alpha value is -3.29. The molecule has 138 valence electrons. The summed E-state index contributed by atoms with van der Waals surface area (Å²) in [6, 6.07) is 3.78. The van der Waals surface area contributed by atoms with Crippen LogP contribution in [0, 0.1) is 0 Å². The van der Waals surface area contributed by atoms with Crippen molar-refractivity contribution in [3.05, 3.63) is 54.0 Å². The summed E-state index contributed by atoms with van der Waals surface area (Å²) in [6.45, 7) is 3.40. The number of aromatic amines is 1. The molecule has 1 N–H and O–H groups in total. The van der Waals surface area contributed by atoms with Gasteiger partial charge in [0, 0.05) is 56.4 Å². The standard InChI is InChI=1S/C19H21N7O/c1-13(27)26-10-5-15-16(11-26)23-18(14-3-6-20-7-4-14)24-19(15)25(2)12-17-21-8-9-22-17/h3-4,6-9H,5,10-12H2,1-2H3,(H,21,22). The van der Waals surface area contributed by atoms with Crippen LogP contribution in [-0.4, -0.2) is 49.3 Å². The molecule has 0 aliphatic carbocycles. The van der Waals surface area contributed by atoms with Gasteiger partial charge in [-0.15, -0.1) is 0 Å². The Morgan fingerprint density at radius 2 is 2.07 bits per heavy atom. The molecule has 0 atom stereocenters. The number of hydrogen-bond donors (Lipinski definition) is 1. The van der Waals surface area contributed by atoms with E-state index in [0.717, 1.165) is 34.9 Å². The fourth-order valence-corrected chi connectivity index (χ4v) is 3.31. The van der Waals surface area contributed by atoms with Crippen molar-refractivity contribution in [2.75, 3.05) is 18.5 Å². The second-order valence-electron chi connectivity index (χ2n) is 6.61. The molecule has 27 heavy (non-hydrogen) atoms. The number of imidazole rings is 1. The second-order valence-corrected chi connectivity index (χ2v) is 6.61. The molecule has 8 nitrogen and oxygen atoms in total. The minimum absolute atomic E-state index is 0.0650. The van der Waals surface area contributed by atoms with Gasteiger partial charge in [0.1, 0.15) is 11.6 Å². The van der Waals surface area contributed by atoms with Crippen LogP contribution in [0.5, 0.6) is 0 Å². The van der Waals surface area contributed by atoms with Crippen molar-refractivity contribution < 1.29 is 4.79 Å². The average molecular weight is 363 g/mol. The number of fused-ring (bicyclic) bond motifs is 1. The van der Waals surface area contributed by atoms with Crippen LogP contribution < -0.4 is 4.90 Å². The Kier molecular flexibility index (Phi) is 4.53. The highest BCUT2D eigenvalue weighted by atomic mass is 16.2. The van der Waals surface area contributed by atoms with Gasteiger partial charge in [0.2, 0.25) is 5.91 Å². The molecule has 0 unspecified atom stereocenters. The lowest BCUT2D eigenvalue weighted by atomic mass is 10.0. The van der Waals surface area contributed by atoms with Crippen LogP contribution in [0.3, 0.4) is 0 Å². The predicted octanol–water partition coefficient (Wildman–Crippen LogP) is 1.80. The number of anilines is 1. The molecule has 1 amide bonds. The van der Waals surface area contributed by atoms with E-state index in [2.05, 4.69) is 19.9 Å². The van der Waals surface area contributed by atoms with E-state index in [9.17, 15) is 4.79 Å². The molecular formula is C19H21N7O. The smallest absolute Gasteiger partial charge is 0.219 e. The first-order valence-electron chi connectivity index (χ1n) is 8.87. The van der Waals surface area contributed by atoms with Gasteiger partial charge in [-0.25, -0.2) is 15.0 Å². The second kappa shape index (κ2) is 7.14. The van der Waals surface area contributed by atoms with Crippen molar-refractivity contribution in [1.82, 2.24) is 29.8 Å². The molecular weight excluding hydrogens is 342 g/mol. The Morgan fingerprint density at radius 3 is 2.78 bits per heavy atom. The molecule has 4 rings (SSSR count). The lowest BCUT2D eigenvalue weighted by molar-refractivity contribution is -0.129. The van der Waals surface area contributed by atoms with Gasteiger partial charge in [0.15, 0.2) is 5.82 Å². The molecule has 1 aliphatic heterocycles. The van der Waals surface area contributed by atoms with Crippen LogP contribution in [-0.2, 0) is 24.3 Å². The number of carbonyl (C=O) groups excluding carboxylic acids is 1. The monoisotopic (exact) mass is 363 g/mol. The minimum atomic E-state index is 0.0650. The molecule has 3 aromatic heterocycles. The number of nitrogens with zero attached hydrogens (tertiary/aromatic N) is 6. The number of rotatable bonds is 4. The van der Waals surface area contributed by atoms with Crippen molar-refractivity contribution >= 4 is 11.7 Å². The molecule has 0 radical (unpaired) electrons. The average Bonchev–Trinajstić information content (AvgIpc) is 3.20. The van der Waals surface area contributed by atoms with Crippen LogP contribution in [0.25, 0.3) is 11.4 Å². The van der Waals surface area contributed by atoms with Gasteiger partial charge in [-0.05, 0) is 18.6 Å². The van der Waals surface area contributed by atoms with E-state index in [1.165, 1.54) is 0 Å². The summed E-state index contributed by atoms with van der Waals surface area (Å²) in [5, 5.41) is 0. The molecule has 0 saturated carbocycles. The highest BCUT2D eigenvalue weighted by Gasteiger charge is 2.25. The molecule has 0 fully saturated rings. The van der Waals surface area contributed by atoms with Gasteiger partial charge in [-0.3, -0.25) is 9.78 Å². The third-order valence-corrected chi connectivity index (χ3v) is 4.73. The van der Waals surface area contributed by atoms with Crippen LogP contribution in [0.2, 0.25) is 0 Å². The summed E-state index contributed by atoms with van der Waals surface area (Å²) in [7, 11) is 2.00. The van der Waals surface area contributed by atoms with Crippen LogP contribution >= 0.6 is 0 Å². The third kappa shape index (κ3) is 3.51. The Balaban J connectivity index is 1.76. The van der Waals surface area contributed by atoms with Crippen molar-refractivity contribution in [2.45, 2.75) is 26.4 Å². The molecule has 0 saturated heterocycles. The first-order chi connectivity index (χ1) is 13.1. The molecule has 3 aromatic rings. The predicted molar refractivity (Wildman–Crippen MR) is 101 cm³/mol. The van der Waals surface area contributed by atoms with Crippen LogP contribution in [0.4, 0.5) is 5.82 Å². The fourth-order valence-electron chi connectivity index (χ4n) is 3.31. The molecule has 8 heteroatoms. The maximum atomic E-state index is 11.8. The van der Waals surface area contributed by atoms with Crippen molar-refractivity contribution in [1.29, 1.82) is 0 Å². The minimum Gasteiger partial charge on any atom is -0.352 e. The van der Waals surface area contributed by atoms with Gasteiger partial charge in [0.05, 0.1) is 18.8 Å². The molecule has 4 heterocycles. The molecule has 0 bridgehead atoms. The summed E-state index contributed by atoms with van der Waals surface area (Å²) in [4.78, 5) is 36.9. The van der Waals surface area contributed by atoms with Gasteiger partial charge >= 0.3 is 0 Å². The van der Waals surface area contributed by atoms with Crippen molar-refractivity contribution in [3.8, 4) is 11.4 Å². The van der Waals surface area contributed by atoms with E-state index in [-0.39, 0.29) is 5.91 Å². The zero-order valence-corrected chi connectivity index (χ0v) is 15.4. The SMILES string of the molecule is CC(=O)N1CCc2c(nc(-c3ccncc3)nc2N(C)Cc2ncc[nH]2)C1. The van der Waals surface area contributed by atoms with Gasteiger partial charge in [-0.2, -0.15) is 0 Å². The van der Waals surface area contributed by atoms with Crippen molar-refractivity contribution in [2.24, 2.45) is 0 Å². The third-order valence-electron chi connectivity index (χ3n) is 4.73. The Morgan fingerprint density at radius 1 is 1.26 bits per heavy atom. The Labute approximate surface area is 157 Å². The largest absolute Gasteiger partial charge is 0.352 e. The van der Waals surface area contributed by atoms with E-state index in [0.29, 0.717) is 25.5 Å². The van der Waals surface area contributed by atoms with Gasteiger partial charge in [-0.1, -0.05) is 0 Å².